The number of halogens is 2. The molecule has 0 N–H and O–H groups in total. The lowest BCUT2D eigenvalue weighted by atomic mass is 10.0. The Morgan fingerprint density at radius 3 is 2.12 bits per heavy atom. The highest BCUT2D eigenvalue weighted by atomic mass is 19.1. The summed E-state index contributed by atoms with van der Waals surface area (Å²) in [4.78, 5) is 0. The van der Waals surface area contributed by atoms with Crippen molar-refractivity contribution in [2.24, 2.45) is 5.92 Å². The summed E-state index contributed by atoms with van der Waals surface area (Å²) in [6.07, 6.45) is 2.60. The highest BCUT2D eigenvalue weighted by molar-refractivity contribution is 5.64. The molecule has 0 aromatic heterocycles. The van der Waals surface area contributed by atoms with Crippen LogP contribution in [0.3, 0.4) is 0 Å². The summed E-state index contributed by atoms with van der Waals surface area (Å²) in [5, 5.41) is 0. The van der Waals surface area contributed by atoms with E-state index in [2.05, 4.69) is 6.92 Å². The maximum absolute atomic E-state index is 13.7. The van der Waals surface area contributed by atoms with Crippen molar-refractivity contribution >= 4 is 0 Å². The third-order valence-corrected chi connectivity index (χ3v) is 4.85. The minimum absolute atomic E-state index is 0.0539. The molecule has 25 heavy (non-hydrogen) atoms. The van der Waals surface area contributed by atoms with Crippen molar-refractivity contribution in [3.8, 4) is 11.1 Å². The first-order valence-electron chi connectivity index (χ1n) is 8.85. The second-order valence-corrected chi connectivity index (χ2v) is 6.67. The number of benzene rings is 2. The van der Waals surface area contributed by atoms with E-state index in [1.807, 2.05) is 24.3 Å². The number of ether oxygens (including phenoxy) is 2. The van der Waals surface area contributed by atoms with Crippen molar-refractivity contribution in [1.29, 1.82) is 0 Å². The topological polar surface area (TPSA) is 18.5 Å². The van der Waals surface area contributed by atoms with Crippen molar-refractivity contribution < 1.29 is 18.3 Å². The van der Waals surface area contributed by atoms with Crippen LogP contribution < -0.4 is 0 Å². The number of rotatable bonds is 5. The Morgan fingerprint density at radius 2 is 1.56 bits per heavy atom. The first-order valence-corrected chi connectivity index (χ1v) is 8.85. The summed E-state index contributed by atoms with van der Waals surface area (Å²) in [5.74, 6) is -0.530. The van der Waals surface area contributed by atoms with Crippen LogP contribution in [0.15, 0.2) is 36.4 Å². The minimum Gasteiger partial charge on any atom is -0.352 e. The normalized spacial score (nSPS) is 20.6. The van der Waals surface area contributed by atoms with Crippen LogP contribution in [0.5, 0.6) is 0 Å². The molecule has 2 aromatic carbocycles. The molecule has 1 saturated heterocycles. The molecular weight excluding hydrogens is 322 g/mol. The van der Waals surface area contributed by atoms with Gasteiger partial charge in [-0.25, -0.2) is 8.78 Å². The van der Waals surface area contributed by atoms with E-state index in [1.165, 1.54) is 19.1 Å². The van der Waals surface area contributed by atoms with Crippen LogP contribution in [0.4, 0.5) is 8.78 Å². The lowest BCUT2D eigenvalue weighted by molar-refractivity contribution is -0.202. The average Bonchev–Trinajstić information content (AvgIpc) is 2.65. The molecule has 134 valence electrons. The Kier molecular flexibility index (Phi) is 5.82. The maximum Gasteiger partial charge on any atom is 0.157 e. The lowest BCUT2D eigenvalue weighted by Gasteiger charge is -2.28. The van der Waals surface area contributed by atoms with E-state index in [4.69, 9.17) is 9.47 Å². The molecule has 4 heteroatoms. The van der Waals surface area contributed by atoms with E-state index in [1.54, 1.807) is 0 Å². The van der Waals surface area contributed by atoms with Crippen LogP contribution in [0.25, 0.3) is 11.1 Å². The van der Waals surface area contributed by atoms with Crippen LogP contribution in [0.2, 0.25) is 0 Å². The molecule has 3 rings (SSSR count). The van der Waals surface area contributed by atoms with E-state index in [0.29, 0.717) is 11.5 Å². The summed E-state index contributed by atoms with van der Waals surface area (Å²) in [6.45, 7) is 5.12. The average molecular weight is 346 g/mol. The van der Waals surface area contributed by atoms with Gasteiger partial charge >= 0.3 is 0 Å². The van der Waals surface area contributed by atoms with Gasteiger partial charge in [0.15, 0.2) is 6.29 Å². The molecule has 0 radical (unpaired) electrons. The lowest BCUT2D eigenvalue weighted by Crippen LogP contribution is -2.32. The SMILES string of the molecule is CCC1COC(CCc2ccc(-c3cc(F)c(C)c(F)c3)cc2)OC1. The highest BCUT2D eigenvalue weighted by Gasteiger charge is 2.20. The van der Waals surface area contributed by atoms with Crippen molar-refractivity contribution in [2.75, 3.05) is 13.2 Å². The molecule has 2 aromatic rings. The fraction of sp³-hybridized carbons (Fsp3) is 0.429. The number of hydrogen-bond acceptors (Lipinski definition) is 2. The van der Waals surface area contributed by atoms with Crippen LogP contribution in [0.1, 0.15) is 30.9 Å². The van der Waals surface area contributed by atoms with Gasteiger partial charge in [-0.2, -0.15) is 0 Å². The molecule has 1 aliphatic heterocycles. The fourth-order valence-electron chi connectivity index (χ4n) is 2.95. The zero-order valence-corrected chi connectivity index (χ0v) is 14.7. The quantitative estimate of drug-likeness (QED) is 0.734. The molecule has 0 bridgehead atoms. The van der Waals surface area contributed by atoms with Gasteiger partial charge in [-0.3, -0.25) is 0 Å². The summed E-state index contributed by atoms with van der Waals surface area (Å²) in [5.41, 5.74) is 2.56. The highest BCUT2D eigenvalue weighted by Crippen LogP contribution is 2.25. The zero-order chi connectivity index (χ0) is 17.8. The Morgan fingerprint density at radius 1 is 0.960 bits per heavy atom. The van der Waals surface area contributed by atoms with E-state index < -0.39 is 11.6 Å². The van der Waals surface area contributed by atoms with Crippen molar-refractivity contribution in [3.05, 3.63) is 59.2 Å². The summed E-state index contributed by atoms with van der Waals surface area (Å²) in [6, 6.07) is 10.5. The Labute approximate surface area is 147 Å². The predicted octanol–water partition coefficient (Wildman–Crippen LogP) is 5.27. The van der Waals surface area contributed by atoms with Crippen LogP contribution >= 0.6 is 0 Å². The summed E-state index contributed by atoms with van der Waals surface area (Å²) in [7, 11) is 0. The molecule has 0 atom stereocenters. The monoisotopic (exact) mass is 346 g/mol. The molecule has 0 amide bonds. The standard InChI is InChI=1S/C21H24F2O2/c1-3-15-12-24-21(25-13-15)9-6-16-4-7-17(8-5-16)18-10-19(22)14(2)20(23)11-18/h4-5,7-8,10-11,15,21H,3,6,9,12-13H2,1-2H3. The minimum atomic E-state index is -0.518. The number of aryl methyl sites for hydroxylation is 1. The van der Waals surface area contributed by atoms with Gasteiger partial charge in [0.1, 0.15) is 11.6 Å². The second kappa shape index (κ2) is 8.07. The molecule has 1 heterocycles. The summed E-state index contributed by atoms with van der Waals surface area (Å²) >= 11 is 0. The Bertz CT molecular complexity index is 681. The smallest absolute Gasteiger partial charge is 0.157 e. The van der Waals surface area contributed by atoms with Crippen molar-refractivity contribution in [2.45, 2.75) is 39.4 Å². The zero-order valence-electron chi connectivity index (χ0n) is 14.7. The van der Waals surface area contributed by atoms with Crippen molar-refractivity contribution in [3.63, 3.8) is 0 Å². The molecule has 0 unspecified atom stereocenters. The maximum atomic E-state index is 13.7. The molecule has 2 nitrogen and oxygen atoms in total. The van der Waals surface area contributed by atoms with E-state index in [0.717, 1.165) is 43.6 Å². The Hall–Kier alpha value is -1.78. The van der Waals surface area contributed by atoms with Crippen LogP contribution in [0, 0.1) is 24.5 Å². The molecule has 0 aliphatic carbocycles. The molecule has 1 aliphatic rings. The Balaban J connectivity index is 1.59. The van der Waals surface area contributed by atoms with Crippen LogP contribution in [-0.4, -0.2) is 19.5 Å². The van der Waals surface area contributed by atoms with Gasteiger partial charge in [-0.1, -0.05) is 31.2 Å². The third kappa shape index (κ3) is 4.44. The van der Waals surface area contributed by atoms with Crippen LogP contribution in [-0.2, 0) is 15.9 Å². The fourth-order valence-corrected chi connectivity index (χ4v) is 2.95. The van der Waals surface area contributed by atoms with Gasteiger partial charge < -0.3 is 9.47 Å². The van der Waals surface area contributed by atoms with Crippen molar-refractivity contribution in [1.82, 2.24) is 0 Å². The van der Waals surface area contributed by atoms with E-state index in [9.17, 15) is 8.78 Å². The molecular formula is C21H24F2O2. The number of hydrogen-bond donors (Lipinski definition) is 0. The van der Waals surface area contributed by atoms with E-state index >= 15 is 0 Å². The van der Waals surface area contributed by atoms with Gasteiger partial charge in [0.25, 0.3) is 0 Å². The van der Waals surface area contributed by atoms with Gasteiger partial charge in [0.05, 0.1) is 13.2 Å². The first kappa shape index (κ1) is 18.0. The molecule has 0 saturated carbocycles. The van der Waals surface area contributed by atoms with Gasteiger partial charge in [0.2, 0.25) is 0 Å². The van der Waals surface area contributed by atoms with Gasteiger partial charge in [-0.15, -0.1) is 0 Å². The largest absolute Gasteiger partial charge is 0.352 e. The van der Waals surface area contributed by atoms with E-state index in [-0.39, 0.29) is 11.9 Å². The van der Waals surface area contributed by atoms with Gasteiger partial charge in [0, 0.05) is 17.9 Å². The first-order chi connectivity index (χ1) is 12.1. The second-order valence-electron chi connectivity index (χ2n) is 6.67. The molecule has 0 spiro atoms. The third-order valence-electron chi connectivity index (χ3n) is 4.85. The molecule has 1 fully saturated rings. The van der Waals surface area contributed by atoms with Gasteiger partial charge in [-0.05, 0) is 48.6 Å². The summed E-state index contributed by atoms with van der Waals surface area (Å²) < 4.78 is 38.9. The predicted molar refractivity (Wildman–Crippen MR) is 94.3 cm³/mol.